The topological polar surface area (TPSA) is 49.3 Å². The summed E-state index contributed by atoms with van der Waals surface area (Å²) in [5, 5.41) is 12.2. The molecule has 1 fully saturated rings. The van der Waals surface area contributed by atoms with E-state index in [1.807, 2.05) is 6.92 Å². The average molecular weight is 197 g/mol. The summed E-state index contributed by atoms with van der Waals surface area (Å²) >= 11 is 0. The fourth-order valence-electron chi connectivity index (χ4n) is 1.92. The average Bonchev–Trinajstić information content (AvgIpc) is 2.15. The predicted molar refractivity (Wildman–Crippen MR) is 56.2 cm³/mol. The van der Waals surface area contributed by atoms with Crippen LogP contribution in [0, 0.1) is 5.92 Å². The van der Waals surface area contributed by atoms with E-state index in [9.17, 15) is 4.79 Å². The van der Waals surface area contributed by atoms with Crippen LogP contribution in [-0.4, -0.2) is 23.7 Å². The lowest BCUT2D eigenvalue weighted by molar-refractivity contribution is -0.143. The number of carbonyl (C=O) groups is 1. The van der Waals surface area contributed by atoms with Gasteiger partial charge in [-0.25, -0.2) is 0 Å². The first-order valence-electron chi connectivity index (χ1n) is 5.20. The highest BCUT2D eigenvalue weighted by Crippen LogP contribution is 2.24. The van der Waals surface area contributed by atoms with Gasteiger partial charge in [0.05, 0.1) is 5.92 Å². The van der Waals surface area contributed by atoms with Crippen LogP contribution in [0.4, 0.5) is 0 Å². The molecule has 0 bridgehead atoms. The van der Waals surface area contributed by atoms with Crippen molar-refractivity contribution in [2.24, 2.45) is 5.92 Å². The molecule has 2 atom stereocenters. The molecule has 1 aliphatic carbocycles. The molecule has 2 N–H and O–H groups in total. The van der Waals surface area contributed by atoms with E-state index >= 15 is 0 Å². The second-order valence-electron chi connectivity index (χ2n) is 4.24. The van der Waals surface area contributed by atoms with E-state index < -0.39 is 5.97 Å². The van der Waals surface area contributed by atoms with Gasteiger partial charge in [-0.05, 0) is 26.2 Å². The molecule has 1 rings (SSSR count). The first-order valence-corrected chi connectivity index (χ1v) is 5.20. The number of carboxylic acids is 1. The van der Waals surface area contributed by atoms with Gasteiger partial charge in [0, 0.05) is 12.6 Å². The minimum absolute atomic E-state index is 0.147. The zero-order valence-corrected chi connectivity index (χ0v) is 8.75. The third kappa shape index (κ3) is 3.50. The van der Waals surface area contributed by atoms with E-state index in [1.165, 1.54) is 0 Å². The summed E-state index contributed by atoms with van der Waals surface area (Å²) < 4.78 is 0. The Morgan fingerprint density at radius 3 is 2.86 bits per heavy atom. The molecule has 0 radical (unpaired) electrons. The molecule has 0 aromatic rings. The predicted octanol–water partition coefficient (Wildman–Crippen LogP) is 1.80. The van der Waals surface area contributed by atoms with Crippen molar-refractivity contribution >= 4 is 5.97 Å². The number of rotatable bonds is 4. The van der Waals surface area contributed by atoms with Crippen LogP contribution in [0.15, 0.2) is 12.2 Å². The van der Waals surface area contributed by atoms with Crippen LogP contribution in [0.3, 0.4) is 0 Å². The summed E-state index contributed by atoms with van der Waals surface area (Å²) in [6.45, 7) is 6.59. The van der Waals surface area contributed by atoms with Crippen molar-refractivity contribution in [3.63, 3.8) is 0 Å². The highest BCUT2D eigenvalue weighted by molar-refractivity contribution is 5.70. The molecule has 3 nitrogen and oxygen atoms in total. The quantitative estimate of drug-likeness (QED) is 0.676. The summed E-state index contributed by atoms with van der Waals surface area (Å²) in [7, 11) is 0. The van der Waals surface area contributed by atoms with Crippen LogP contribution < -0.4 is 5.32 Å². The van der Waals surface area contributed by atoms with Crippen molar-refractivity contribution < 1.29 is 9.90 Å². The minimum atomic E-state index is -0.646. The number of nitrogens with one attached hydrogen (secondary N) is 1. The SMILES string of the molecule is C=C(C)CNC1CCCC(C(=O)O)C1. The third-order valence-corrected chi connectivity index (χ3v) is 2.72. The zero-order chi connectivity index (χ0) is 10.6. The van der Waals surface area contributed by atoms with Crippen LogP contribution in [0.1, 0.15) is 32.6 Å². The van der Waals surface area contributed by atoms with E-state index in [-0.39, 0.29) is 5.92 Å². The van der Waals surface area contributed by atoms with Crippen LogP contribution >= 0.6 is 0 Å². The van der Waals surface area contributed by atoms with Crippen LogP contribution in [0.25, 0.3) is 0 Å². The maximum absolute atomic E-state index is 10.8. The van der Waals surface area contributed by atoms with Crippen LogP contribution in [0.5, 0.6) is 0 Å². The maximum Gasteiger partial charge on any atom is 0.306 e. The molecule has 0 amide bonds. The fourth-order valence-corrected chi connectivity index (χ4v) is 1.92. The Bertz CT molecular complexity index is 225. The number of hydrogen-bond donors (Lipinski definition) is 2. The van der Waals surface area contributed by atoms with Crippen molar-refractivity contribution in [2.75, 3.05) is 6.54 Å². The molecule has 14 heavy (non-hydrogen) atoms. The van der Waals surface area contributed by atoms with Crippen molar-refractivity contribution in [1.82, 2.24) is 5.32 Å². The monoisotopic (exact) mass is 197 g/mol. The first-order chi connectivity index (χ1) is 6.59. The normalized spacial score (nSPS) is 27.2. The van der Waals surface area contributed by atoms with Gasteiger partial charge in [-0.3, -0.25) is 4.79 Å². The van der Waals surface area contributed by atoms with Gasteiger partial charge in [0.25, 0.3) is 0 Å². The fraction of sp³-hybridized carbons (Fsp3) is 0.727. The Labute approximate surface area is 85.2 Å². The maximum atomic E-state index is 10.8. The molecule has 0 aromatic carbocycles. The molecule has 0 aromatic heterocycles. The zero-order valence-electron chi connectivity index (χ0n) is 8.75. The Morgan fingerprint density at radius 1 is 1.57 bits per heavy atom. The van der Waals surface area contributed by atoms with E-state index in [2.05, 4.69) is 11.9 Å². The smallest absolute Gasteiger partial charge is 0.306 e. The number of hydrogen-bond acceptors (Lipinski definition) is 2. The molecule has 0 heterocycles. The molecule has 1 aliphatic rings. The van der Waals surface area contributed by atoms with Crippen molar-refractivity contribution in [2.45, 2.75) is 38.6 Å². The van der Waals surface area contributed by atoms with Crippen LogP contribution in [-0.2, 0) is 4.79 Å². The van der Waals surface area contributed by atoms with E-state index in [0.29, 0.717) is 6.04 Å². The van der Waals surface area contributed by atoms with E-state index in [0.717, 1.165) is 37.8 Å². The molecular weight excluding hydrogens is 178 g/mol. The molecule has 1 saturated carbocycles. The van der Waals surface area contributed by atoms with Crippen molar-refractivity contribution in [3.05, 3.63) is 12.2 Å². The van der Waals surface area contributed by atoms with Gasteiger partial charge in [0.15, 0.2) is 0 Å². The Morgan fingerprint density at radius 2 is 2.29 bits per heavy atom. The number of aliphatic carboxylic acids is 1. The van der Waals surface area contributed by atoms with Gasteiger partial charge in [-0.2, -0.15) is 0 Å². The molecule has 0 spiro atoms. The highest BCUT2D eigenvalue weighted by atomic mass is 16.4. The summed E-state index contributed by atoms with van der Waals surface area (Å²) in [5.41, 5.74) is 1.10. The molecular formula is C11H19NO2. The number of carboxylic acid groups (broad SMARTS) is 1. The first kappa shape index (κ1) is 11.2. The summed E-state index contributed by atoms with van der Waals surface area (Å²) in [4.78, 5) is 10.8. The van der Waals surface area contributed by atoms with Gasteiger partial charge in [-0.1, -0.05) is 18.6 Å². The van der Waals surface area contributed by atoms with Gasteiger partial charge < -0.3 is 10.4 Å². The molecule has 0 saturated heterocycles. The van der Waals surface area contributed by atoms with Gasteiger partial charge in [0.1, 0.15) is 0 Å². The summed E-state index contributed by atoms with van der Waals surface area (Å²) in [5.74, 6) is -0.793. The molecule has 2 unspecified atom stereocenters. The summed E-state index contributed by atoms with van der Waals surface area (Å²) in [6.07, 6.45) is 3.71. The second kappa shape index (κ2) is 5.15. The summed E-state index contributed by atoms with van der Waals surface area (Å²) in [6, 6.07) is 0.363. The Kier molecular flexibility index (Phi) is 4.14. The molecule has 0 aliphatic heterocycles. The van der Waals surface area contributed by atoms with Crippen molar-refractivity contribution in [1.29, 1.82) is 0 Å². The van der Waals surface area contributed by atoms with Gasteiger partial charge in [-0.15, -0.1) is 0 Å². The lowest BCUT2D eigenvalue weighted by Crippen LogP contribution is -2.37. The van der Waals surface area contributed by atoms with Crippen LogP contribution in [0.2, 0.25) is 0 Å². The minimum Gasteiger partial charge on any atom is -0.481 e. The van der Waals surface area contributed by atoms with E-state index in [4.69, 9.17) is 5.11 Å². The Hall–Kier alpha value is -0.830. The standard InChI is InChI=1S/C11H19NO2/c1-8(2)7-12-10-5-3-4-9(6-10)11(13)14/h9-10,12H,1,3-7H2,2H3,(H,13,14). The lowest BCUT2D eigenvalue weighted by Gasteiger charge is -2.27. The molecule has 3 heteroatoms. The largest absolute Gasteiger partial charge is 0.481 e. The van der Waals surface area contributed by atoms with E-state index in [1.54, 1.807) is 0 Å². The van der Waals surface area contributed by atoms with Crippen molar-refractivity contribution in [3.8, 4) is 0 Å². The Balaban J connectivity index is 2.32. The lowest BCUT2D eigenvalue weighted by atomic mass is 9.86. The van der Waals surface area contributed by atoms with Gasteiger partial charge in [0.2, 0.25) is 0 Å². The molecule has 80 valence electrons. The highest BCUT2D eigenvalue weighted by Gasteiger charge is 2.26. The second-order valence-corrected chi connectivity index (χ2v) is 4.24. The van der Waals surface area contributed by atoms with Gasteiger partial charge >= 0.3 is 5.97 Å². The third-order valence-electron chi connectivity index (χ3n) is 2.72.